The van der Waals surface area contributed by atoms with Gasteiger partial charge in [0, 0.05) is 18.2 Å². The van der Waals surface area contributed by atoms with Crippen molar-refractivity contribution in [3.05, 3.63) is 72.3 Å². The number of benzene rings is 1. The van der Waals surface area contributed by atoms with Crippen LogP contribution in [0, 0.1) is 0 Å². The molecule has 5 heteroatoms. The number of para-hydroxylation sites is 1. The van der Waals surface area contributed by atoms with E-state index in [2.05, 4.69) is 16.4 Å². The van der Waals surface area contributed by atoms with Crippen LogP contribution in [0.15, 0.2) is 65.6 Å². The first-order valence-corrected chi connectivity index (χ1v) is 7.81. The van der Waals surface area contributed by atoms with E-state index in [9.17, 15) is 4.79 Å². The molecular weight excluding hydrogens is 304 g/mol. The van der Waals surface area contributed by atoms with Gasteiger partial charge in [-0.2, -0.15) is 0 Å². The predicted octanol–water partition coefficient (Wildman–Crippen LogP) is 3.08. The number of carbonyl (C=O) groups is 1. The SMILES string of the molecule is O=C(NCC1Cc2cccc(-c3ccccn3)c2O1)c1ccoc1. The van der Waals surface area contributed by atoms with E-state index < -0.39 is 0 Å². The van der Waals surface area contributed by atoms with Crippen LogP contribution in [0.5, 0.6) is 5.75 Å². The maximum atomic E-state index is 12.0. The van der Waals surface area contributed by atoms with E-state index in [-0.39, 0.29) is 12.0 Å². The second-order valence-corrected chi connectivity index (χ2v) is 5.67. The van der Waals surface area contributed by atoms with Crippen LogP contribution >= 0.6 is 0 Å². The first-order chi connectivity index (χ1) is 11.8. The average Bonchev–Trinajstić information content (AvgIpc) is 3.29. The Morgan fingerprint density at radius 2 is 2.17 bits per heavy atom. The first kappa shape index (κ1) is 14.5. The second kappa shape index (κ2) is 6.20. The summed E-state index contributed by atoms with van der Waals surface area (Å²) in [7, 11) is 0. The van der Waals surface area contributed by atoms with Crippen molar-refractivity contribution in [2.45, 2.75) is 12.5 Å². The summed E-state index contributed by atoms with van der Waals surface area (Å²) in [4.78, 5) is 16.4. The van der Waals surface area contributed by atoms with Gasteiger partial charge in [0.2, 0.25) is 0 Å². The summed E-state index contributed by atoms with van der Waals surface area (Å²) in [6, 6.07) is 13.5. The summed E-state index contributed by atoms with van der Waals surface area (Å²) in [6.45, 7) is 0.445. The molecule has 1 aliphatic heterocycles. The molecule has 0 radical (unpaired) electrons. The van der Waals surface area contributed by atoms with Crippen molar-refractivity contribution in [3.8, 4) is 17.0 Å². The van der Waals surface area contributed by atoms with E-state index in [1.54, 1.807) is 12.3 Å². The topological polar surface area (TPSA) is 64.4 Å². The molecule has 4 rings (SSSR count). The lowest BCUT2D eigenvalue weighted by atomic mass is 10.0. The van der Waals surface area contributed by atoms with Crippen molar-refractivity contribution in [1.29, 1.82) is 0 Å². The van der Waals surface area contributed by atoms with Gasteiger partial charge in [-0.25, -0.2) is 0 Å². The third-order valence-corrected chi connectivity index (χ3v) is 4.04. The second-order valence-electron chi connectivity index (χ2n) is 5.67. The van der Waals surface area contributed by atoms with Crippen LogP contribution in [-0.4, -0.2) is 23.5 Å². The molecule has 1 atom stereocenters. The number of aromatic nitrogens is 1. The van der Waals surface area contributed by atoms with Gasteiger partial charge in [0.05, 0.1) is 24.1 Å². The zero-order valence-corrected chi connectivity index (χ0v) is 12.9. The van der Waals surface area contributed by atoms with Crippen molar-refractivity contribution in [2.24, 2.45) is 0 Å². The summed E-state index contributed by atoms with van der Waals surface area (Å²) in [5.41, 5.74) is 3.52. The molecule has 1 N–H and O–H groups in total. The molecule has 5 nitrogen and oxygen atoms in total. The molecule has 0 saturated carbocycles. The molecule has 1 amide bonds. The Balaban J connectivity index is 1.47. The number of ether oxygens (including phenoxy) is 1. The Hall–Kier alpha value is -3.08. The fourth-order valence-corrected chi connectivity index (χ4v) is 2.88. The molecule has 0 aliphatic carbocycles. The van der Waals surface area contributed by atoms with E-state index >= 15 is 0 Å². The molecular formula is C19H16N2O3. The van der Waals surface area contributed by atoms with Gasteiger partial charge in [-0.1, -0.05) is 18.2 Å². The largest absolute Gasteiger partial charge is 0.487 e. The number of nitrogens with zero attached hydrogens (tertiary/aromatic N) is 1. The van der Waals surface area contributed by atoms with Gasteiger partial charge in [-0.15, -0.1) is 0 Å². The number of amides is 1. The van der Waals surface area contributed by atoms with Crippen molar-refractivity contribution in [3.63, 3.8) is 0 Å². The molecule has 3 heterocycles. The zero-order valence-electron chi connectivity index (χ0n) is 12.9. The average molecular weight is 320 g/mol. The number of furan rings is 1. The normalized spacial score (nSPS) is 15.6. The van der Waals surface area contributed by atoms with Gasteiger partial charge in [0.1, 0.15) is 18.1 Å². The highest BCUT2D eigenvalue weighted by Crippen LogP contribution is 2.37. The van der Waals surface area contributed by atoms with Crippen LogP contribution in [0.3, 0.4) is 0 Å². The Kier molecular flexibility index (Phi) is 3.75. The summed E-state index contributed by atoms with van der Waals surface area (Å²) >= 11 is 0. The Labute approximate surface area is 139 Å². The van der Waals surface area contributed by atoms with Crippen molar-refractivity contribution >= 4 is 5.91 Å². The monoisotopic (exact) mass is 320 g/mol. The molecule has 2 aromatic heterocycles. The number of pyridine rings is 1. The van der Waals surface area contributed by atoms with Crippen molar-refractivity contribution < 1.29 is 13.9 Å². The first-order valence-electron chi connectivity index (χ1n) is 7.81. The van der Waals surface area contributed by atoms with E-state index in [4.69, 9.17) is 9.15 Å². The molecule has 0 saturated heterocycles. The number of nitrogens with one attached hydrogen (secondary N) is 1. The maximum absolute atomic E-state index is 12.0. The highest BCUT2D eigenvalue weighted by molar-refractivity contribution is 5.93. The number of hydrogen-bond donors (Lipinski definition) is 1. The highest BCUT2D eigenvalue weighted by atomic mass is 16.5. The third-order valence-electron chi connectivity index (χ3n) is 4.04. The molecule has 1 aliphatic rings. The summed E-state index contributed by atoms with van der Waals surface area (Å²) in [6.07, 6.45) is 5.36. The molecule has 1 aromatic carbocycles. The Bertz CT molecular complexity index is 844. The summed E-state index contributed by atoms with van der Waals surface area (Å²) in [5, 5.41) is 2.88. The lowest BCUT2D eigenvalue weighted by Gasteiger charge is -2.13. The van der Waals surface area contributed by atoms with Crippen LogP contribution in [-0.2, 0) is 6.42 Å². The van der Waals surface area contributed by atoms with Gasteiger partial charge >= 0.3 is 0 Å². The maximum Gasteiger partial charge on any atom is 0.254 e. The summed E-state index contributed by atoms with van der Waals surface area (Å²) < 4.78 is 11.0. The fourth-order valence-electron chi connectivity index (χ4n) is 2.88. The molecule has 0 fully saturated rings. The van der Waals surface area contributed by atoms with E-state index in [1.807, 2.05) is 30.3 Å². The van der Waals surface area contributed by atoms with Crippen LogP contribution in [0.1, 0.15) is 15.9 Å². The smallest absolute Gasteiger partial charge is 0.254 e. The van der Waals surface area contributed by atoms with Gasteiger partial charge in [-0.05, 0) is 29.8 Å². The molecule has 120 valence electrons. The lowest BCUT2D eigenvalue weighted by molar-refractivity contribution is 0.0933. The van der Waals surface area contributed by atoms with E-state index in [0.717, 1.165) is 29.0 Å². The molecule has 0 bridgehead atoms. The van der Waals surface area contributed by atoms with E-state index in [0.29, 0.717) is 12.1 Å². The van der Waals surface area contributed by atoms with Gasteiger partial charge in [0.25, 0.3) is 5.91 Å². The van der Waals surface area contributed by atoms with Crippen LogP contribution in [0.25, 0.3) is 11.3 Å². The number of rotatable bonds is 4. The number of carbonyl (C=O) groups excluding carboxylic acids is 1. The summed E-state index contributed by atoms with van der Waals surface area (Å²) in [5.74, 6) is 0.701. The molecule has 3 aromatic rings. The van der Waals surface area contributed by atoms with Crippen molar-refractivity contribution in [2.75, 3.05) is 6.54 Å². The number of fused-ring (bicyclic) bond motifs is 1. The minimum Gasteiger partial charge on any atom is -0.487 e. The van der Waals surface area contributed by atoms with Crippen LogP contribution in [0.4, 0.5) is 0 Å². The molecule has 24 heavy (non-hydrogen) atoms. The predicted molar refractivity (Wildman–Crippen MR) is 88.8 cm³/mol. The highest BCUT2D eigenvalue weighted by Gasteiger charge is 2.26. The lowest BCUT2D eigenvalue weighted by Crippen LogP contribution is -2.34. The van der Waals surface area contributed by atoms with Crippen molar-refractivity contribution in [1.82, 2.24) is 10.3 Å². The minimum atomic E-state index is -0.159. The third kappa shape index (κ3) is 2.76. The Morgan fingerprint density at radius 3 is 2.96 bits per heavy atom. The van der Waals surface area contributed by atoms with Gasteiger partial charge < -0.3 is 14.5 Å². The molecule has 1 unspecified atom stereocenters. The Morgan fingerprint density at radius 1 is 1.21 bits per heavy atom. The van der Waals surface area contributed by atoms with Gasteiger partial charge in [0.15, 0.2) is 0 Å². The fraction of sp³-hybridized carbons (Fsp3) is 0.158. The number of hydrogen-bond acceptors (Lipinski definition) is 4. The zero-order chi connectivity index (χ0) is 16.4. The molecule has 0 spiro atoms. The quantitative estimate of drug-likeness (QED) is 0.802. The van der Waals surface area contributed by atoms with Gasteiger partial charge in [-0.3, -0.25) is 9.78 Å². The minimum absolute atomic E-state index is 0.0827. The van der Waals surface area contributed by atoms with Crippen LogP contribution in [0.2, 0.25) is 0 Å². The van der Waals surface area contributed by atoms with Crippen LogP contribution < -0.4 is 10.1 Å². The standard InChI is InChI=1S/C19H16N2O3/c22-19(14-7-9-23-12-14)21-11-15-10-13-4-3-5-16(18(13)24-15)17-6-1-2-8-20-17/h1-9,12,15H,10-11H2,(H,21,22). The van der Waals surface area contributed by atoms with E-state index in [1.165, 1.54) is 12.5 Å².